The highest BCUT2D eigenvalue weighted by Gasteiger charge is 2.41. The van der Waals surface area contributed by atoms with Crippen molar-refractivity contribution in [3.8, 4) is 0 Å². The number of aliphatic carboxylic acids is 1. The van der Waals surface area contributed by atoms with E-state index in [0.29, 0.717) is 6.42 Å². The monoisotopic (exact) mass is 295 g/mol. The normalized spacial score (nSPS) is 16.6. The molecule has 0 saturated heterocycles. The average Bonchev–Trinajstić information content (AvgIpc) is 2.35. The van der Waals surface area contributed by atoms with Crippen molar-refractivity contribution in [2.24, 2.45) is 0 Å². The van der Waals surface area contributed by atoms with E-state index >= 15 is 0 Å². The molecule has 1 fully saturated rings. The molecule has 0 aromatic heterocycles. The van der Waals surface area contributed by atoms with Crippen LogP contribution in [0.4, 0.5) is 27.6 Å². The fourth-order valence-electron chi connectivity index (χ4n) is 2.22. The van der Waals surface area contributed by atoms with Gasteiger partial charge in [0, 0.05) is 5.54 Å². The second-order valence-corrected chi connectivity index (χ2v) is 4.77. The van der Waals surface area contributed by atoms with Crippen molar-refractivity contribution >= 4 is 11.7 Å². The number of carboxylic acids is 1. The lowest BCUT2D eigenvalue weighted by atomic mass is 9.74. The van der Waals surface area contributed by atoms with Crippen LogP contribution >= 0.6 is 0 Å². The van der Waals surface area contributed by atoms with E-state index < -0.39 is 52.7 Å². The van der Waals surface area contributed by atoms with Crippen molar-refractivity contribution in [3.05, 3.63) is 29.1 Å². The van der Waals surface area contributed by atoms with Gasteiger partial charge in [0.2, 0.25) is 5.82 Å². The number of nitrogens with one attached hydrogen (secondary N) is 1. The summed E-state index contributed by atoms with van der Waals surface area (Å²) in [5, 5.41) is 10.9. The first-order chi connectivity index (χ1) is 9.27. The molecular formula is C12H10F5NO2. The number of halogens is 5. The minimum Gasteiger partial charge on any atom is -0.481 e. The summed E-state index contributed by atoms with van der Waals surface area (Å²) >= 11 is 0. The molecule has 0 heterocycles. The lowest BCUT2D eigenvalue weighted by Crippen LogP contribution is -2.47. The summed E-state index contributed by atoms with van der Waals surface area (Å²) in [6.07, 6.45) is 0.694. The van der Waals surface area contributed by atoms with Crippen LogP contribution < -0.4 is 5.32 Å². The summed E-state index contributed by atoms with van der Waals surface area (Å²) in [4.78, 5) is 10.7. The Morgan fingerprint density at radius 2 is 1.45 bits per heavy atom. The summed E-state index contributed by atoms with van der Waals surface area (Å²) in [5.74, 6) is -11.6. The van der Waals surface area contributed by atoms with Gasteiger partial charge >= 0.3 is 5.97 Å². The predicted octanol–water partition coefficient (Wildman–Crippen LogP) is 3.19. The molecule has 1 aromatic carbocycles. The lowest BCUT2D eigenvalue weighted by Gasteiger charge is -2.42. The average molecular weight is 295 g/mol. The van der Waals surface area contributed by atoms with Gasteiger partial charge in [0.25, 0.3) is 0 Å². The Morgan fingerprint density at radius 3 is 1.80 bits per heavy atom. The Balaban J connectivity index is 2.41. The highest BCUT2D eigenvalue weighted by Crippen LogP contribution is 2.40. The van der Waals surface area contributed by atoms with Crippen molar-refractivity contribution in [1.29, 1.82) is 0 Å². The van der Waals surface area contributed by atoms with Gasteiger partial charge in [-0.15, -0.1) is 0 Å². The predicted molar refractivity (Wildman–Crippen MR) is 58.7 cm³/mol. The fourth-order valence-corrected chi connectivity index (χ4v) is 2.22. The topological polar surface area (TPSA) is 49.3 Å². The van der Waals surface area contributed by atoms with Gasteiger partial charge in [0.1, 0.15) is 5.69 Å². The highest BCUT2D eigenvalue weighted by atomic mass is 19.2. The molecule has 1 aromatic rings. The summed E-state index contributed by atoms with van der Waals surface area (Å²) < 4.78 is 66.0. The van der Waals surface area contributed by atoms with E-state index in [9.17, 15) is 26.7 Å². The van der Waals surface area contributed by atoms with E-state index in [-0.39, 0.29) is 12.8 Å². The van der Waals surface area contributed by atoms with Gasteiger partial charge in [-0.05, 0) is 19.3 Å². The maximum absolute atomic E-state index is 13.5. The summed E-state index contributed by atoms with van der Waals surface area (Å²) in [7, 11) is 0. The van der Waals surface area contributed by atoms with Crippen molar-refractivity contribution < 1.29 is 31.9 Å². The van der Waals surface area contributed by atoms with Crippen LogP contribution in [-0.2, 0) is 4.79 Å². The maximum Gasteiger partial charge on any atom is 0.305 e. The minimum atomic E-state index is -2.24. The van der Waals surface area contributed by atoms with Gasteiger partial charge < -0.3 is 10.4 Å². The molecule has 0 atom stereocenters. The quantitative estimate of drug-likeness (QED) is 0.509. The molecule has 2 rings (SSSR count). The summed E-state index contributed by atoms with van der Waals surface area (Å²) in [6.45, 7) is 0. The van der Waals surface area contributed by atoms with E-state index in [1.165, 1.54) is 0 Å². The van der Waals surface area contributed by atoms with E-state index in [2.05, 4.69) is 5.32 Å². The number of carbonyl (C=O) groups is 1. The van der Waals surface area contributed by atoms with Crippen molar-refractivity contribution in [2.75, 3.05) is 5.32 Å². The van der Waals surface area contributed by atoms with Crippen LogP contribution in [0.1, 0.15) is 25.7 Å². The first-order valence-corrected chi connectivity index (χ1v) is 5.79. The Hall–Kier alpha value is -1.86. The molecule has 1 saturated carbocycles. The second kappa shape index (κ2) is 4.92. The largest absolute Gasteiger partial charge is 0.481 e. The third-order valence-electron chi connectivity index (χ3n) is 3.40. The van der Waals surface area contributed by atoms with E-state index in [4.69, 9.17) is 5.11 Å². The molecule has 110 valence electrons. The molecule has 3 nitrogen and oxygen atoms in total. The SMILES string of the molecule is O=C(O)CC1(Nc2c(F)c(F)c(F)c(F)c2F)CCC1. The van der Waals surface area contributed by atoms with Crippen LogP contribution in [0.3, 0.4) is 0 Å². The van der Waals surface area contributed by atoms with E-state index in [1.54, 1.807) is 0 Å². The van der Waals surface area contributed by atoms with Crippen LogP contribution in [0.5, 0.6) is 0 Å². The third kappa shape index (κ3) is 2.30. The molecule has 1 aliphatic rings. The molecule has 0 amide bonds. The maximum atomic E-state index is 13.5. The Kier molecular flexibility index (Phi) is 3.58. The number of rotatable bonds is 4. The van der Waals surface area contributed by atoms with Gasteiger partial charge in [-0.25, -0.2) is 22.0 Å². The Labute approximate surface area is 110 Å². The van der Waals surface area contributed by atoms with Crippen LogP contribution in [0.2, 0.25) is 0 Å². The molecule has 0 bridgehead atoms. The van der Waals surface area contributed by atoms with E-state index in [1.807, 2.05) is 0 Å². The van der Waals surface area contributed by atoms with Crippen molar-refractivity contribution in [2.45, 2.75) is 31.2 Å². The molecule has 0 radical (unpaired) electrons. The zero-order chi connectivity index (χ0) is 15.1. The molecule has 20 heavy (non-hydrogen) atoms. The molecule has 0 unspecified atom stereocenters. The van der Waals surface area contributed by atoms with Gasteiger partial charge in [-0.1, -0.05) is 0 Å². The third-order valence-corrected chi connectivity index (χ3v) is 3.40. The smallest absolute Gasteiger partial charge is 0.305 e. The molecule has 1 aliphatic carbocycles. The van der Waals surface area contributed by atoms with Crippen LogP contribution in [-0.4, -0.2) is 16.6 Å². The van der Waals surface area contributed by atoms with Crippen LogP contribution in [0.25, 0.3) is 0 Å². The van der Waals surface area contributed by atoms with Gasteiger partial charge in [0.15, 0.2) is 23.3 Å². The fraction of sp³-hybridized carbons (Fsp3) is 0.417. The Morgan fingerprint density at radius 1 is 1.00 bits per heavy atom. The number of benzene rings is 1. The van der Waals surface area contributed by atoms with Crippen LogP contribution in [0, 0.1) is 29.1 Å². The number of hydrogen-bond donors (Lipinski definition) is 2. The Bertz CT molecular complexity index is 542. The standard InChI is InChI=1S/C12H10F5NO2/c13-6-7(14)9(16)11(10(17)8(6)15)18-12(2-1-3-12)4-5(19)20/h18H,1-4H2,(H,19,20). The first-order valence-electron chi connectivity index (χ1n) is 5.79. The summed E-state index contributed by atoms with van der Waals surface area (Å²) in [6, 6.07) is 0. The van der Waals surface area contributed by atoms with E-state index in [0.717, 1.165) is 0 Å². The molecule has 8 heteroatoms. The molecular weight excluding hydrogens is 285 g/mol. The van der Waals surface area contributed by atoms with Gasteiger partial charge in [-0.3, -0.25) is 4.79 Å². The second-order valence-electron chi connectivity index (χ2n) is 4.77. The van der Waals surface area contributed by atoms with Gasteiger partial charge in [0.05, 0.1) is 6.42 Å². The van der Waals surface area contributed by atoms with Gasteiger partial charge in [-0.2, -0.15) is 0 Å². The molecule has 0 aliphatic heterocycles. The first kappa shape index (κ1) is 14.5. The zero-order valence-corrected chi connectivity index (χ0v) is 10.1. The number of hydrogen-bond acceptors (Lipinski definition) is 2. The minimum absolute atomic E-state index is 0.277. The molecule has 0 spiro atoms. The van der Waals surface area contributed by atoms with Crippen molar-refractivity contribution in [3.63, 3.8) is 0 Å². The molecule has 2 N–H and O–H groups in total. The highest BCUT2D eigenvalue weighted by molar-refractivity contribution is 5.70. The zero-order valence-electron chi connectivity index (χ0n) is 10.1. The number of carboxylic acid groups (broad SMARTS) is 1. The van der Waals surface area contributed by atoms with Crippen LogP contribution in [0.15, 0.2) is 0 Å². The number of anilines is 1. The lowest BCUT2D eigenvalue weighted by molar-refractivity contribution is -0.138. The summed E-state index contributed by atoms with van der Waals surface area (Å²) in [5.41, 5.74) is -2.35. The van der Waals surface area contributed by atoms with Crippen molar-refractivity contribution in [1.82, 2.24) is 0 Å².